The molecule has 0 heterocycles. The van der Waals surface area contributed by atoms with E-state index in [-0.39, 0.29) is 12.5 Å². The highest BCUT2D eigenvalue weighted by atomic mass is 35.5. The molecule has 0 radical (unpaired) electrons. The van der Waals surface area contributed by atoms with Gasteiger partial charge in [-0.1, -0.05) is 54.1 Å². The third-order valence-electron chi connectivity index (χ3n) is 3.97. The fourth-order valence-electron chi connectivity index (χ4n) is 2.37. The van der Waals surface area contributed by atoms with Crippen LogP contribution in [0.3, 0.4) is 0 Å². The van der Waals surface area contributed by atoms with E-state index in [0.717, 1.165) is 11.1 Å². The number of esters is 1. The summed E-state index contributed by atoms with van der Waals surface area (Å²) in [5, 5.41) is 3.41. The predicted molar refractivity (Wildman–Crippen MR) is 98.6 cm³/mol. The standard InChI is InChI=1S/C20H22ClNO3/c1-20(2,16-8-4-3-5-9-16)19(24)25-14-18(23)22-12-11-15-7-6-10-17(21)13-15/h3-10,13H,11-12,14H2,1-2H3,(H,22,23). The molecular formula is C20H22ClNO3. The predicted octanol–water partition coefficient (Wildman–Crippen LogP) is 3.52. The first-order chi connectivity index (χ1) is 11.9. The fraction of sp³-hybridized carbons (Fsp3) is 0.300. The summed E-state index contributed by atoms with van der Waals surface area (Å²) in [6, 6.07) is 16.8. The van der Waals surface area contributed by atoms with Crippen LogP contribution in [0.15, 0.2) is 54.6 Å². The lowest BCUT2D eigenvalue weighted by molar-refractivity contribution is -0.153. The summed E-state index contributed by atoms with van der Waals surface area (Å²) in [5.41, 5.74) is 1.08. The molecule has 0 aliphatic carbocycles. The van der Waals surface area contributed by atoms with Crippen molar-refractivity contribution in [2.45, 2.75) is 25.7 Å². The van der Waals surface area contributed by atoms with Gasteiger partial charge in [-0.25, -0.2) is 0 Å². The van der Waals surface area contributed by atoms with Crippen molar-refractivity contribution in [3.8, 4) is 0 Å². The second kappa shape index (κ2) is 8.67. The van der Waals surface area contributed by atoms with Gasteiger partial charge in [0.15, 0.2) is 6.61 Å². The first-order valence-electron chi connectivity index (χ1n) is 8.13. The highest BCUT2D eigenvalue weighted by Crippen LogP contribution is 2.24. The summed E-state index contributed by atoms with van der Waals surface area (Å²) in [6.45, 7) is 3.73. The topological polar surface area (TPSA) is 55.4 Å². The van der Waals surface area contributed by atoms with E-state index in [4.69, 9.17) is 16.3 Å². The molecule has 4 nitrogen and oxygen atoms in total. The van der Waals surface area contributed by atoms with Gasteiger partial charge in [-0.2, -0.15) is 0 Å². The molecule has 0 fully saturated rings. The van der Waals surface area contributed by atoms with Crippen LogP contribution in [0.4, 0.5) is 0 Å². The van der Waals surface area contributed by atoms with Gasteiger partial charge in [-0.3, -0.25) is 9.59 Å². The molecule has 0 bridgehead atoms. The molecule has 1 amide bonds. The Labute approximate surface area is 153 Å². The van der Waals surface area contributed by atoms with Crippen LogP contribution in [0.2, 0.25) is 5.02 Å². The van der Waals surface area contributed by atoms with Crippen molar-refractivity contribution in [2.75, 3.05) is 13.2 Å². The summed E-state index contributed by atoms with van der Waals surface area (Å²) in [6.07, 6.45) is 0.662. The summed E-state index contributed by atoms with van der Waals surface area (Å²) < 4.78 is 5.17. The van der Waals surface area contributed by atoms with E-state index >= 15 is 0 Å². The number of hydrogen-bond donors (Lipinski definition) is 1. The number of halogens is 1. The van der Waals surface area contributed by atoms with Gasteiger partial charge >= 0.3 is 5.97 Å². The molecule has 25 heavy (non-hydrogen) atoms. The van der Waals surface area contributed by atoms with Crippen molar-refractivity contribution in [1.29, 1.82) is 0 Å². The Kier molecular flexibility index (Phi) is 6.59. The monoisotopic (exact) mass is 359 g/mol. The molecule has 0 saturated carbocycles. The largest absolute Gasteiger partial charge is 0.455 e. The summed E-state index contributed by atoms with van der Waals surface area (Å²) >= 11 is 5.92. The van der Waals surface area contributed by atoms with E-state index in [9.17, 15) is 9.59 Å². The molecule has 0 aromatic heterocycles. The van der Waals surface area contributed by atoms with Gasteiger partial charge in [0.2, 0.25) is 0 Å². The highest BCUT2D eigenvalue weighted by Gasteiger charge is 2.31. The van der Waals surface area contributed by atoms with Crippen LogP contribution in [0, 0.1) is 0 Å². The average Bonchev–Trinajstić information content (AvgIpc) is 2.60. The van der Waals surface area contributed by atoms with Crippen LogP contribution in [0.5, 0.6) is 0 Å². The molecule has 0 atom stereocenters. The third kappa shape index (κ3) is 5.61. The molecule has 2 aromatic rings. The molecule has 1 N–H and O–H groups in total. The number of ether oxygens (including phenoxy) is 1. The molecule has 2 rings (SSSR count). The third-order valence-corrected chi connectivity index (χ3v) is 4.20. The van der Waals surface area contributed by atoms with Gasteiger partial charge in [0, 0.05) is 11.6 Å². The molecule has 0 aliphatic rings. The van der Waals surface area contributed by atoms with Gasteiger partial charge in [-0.15, -0.1) is 0 Å². The van der Waals surface area contributed by atoms with Crippen molar-refractivity contribution in [2.24, 2.45) is 0 Å². The van der Waals surface area contributed by atoms with Crippen molar-refractivity contribution in [3.63, 3.8) is 0 Å². The number of rotatable bonds is 7. The van der Waals surface area contributed by atoms with Crippen LogP contribution < -0.4 is 5.32 Å². The van der Waals surface area contributed by atoms with Crippen LogP contribution in [-0.4, -0.2) is 25.0 Å². The first-order valence-corrected chi connectivity index (χ1v) is 8.51. The van der Waals surface area contributed by atoms with E-state index < -0.39 is 11.4 Å². The number of nitrogens with one attached hydrogen (secondary N) is 1. The van der Waals surface area contributed by atoms with Crippen LogP contribution >= 0.6 is 11.6 Å². The quantitative estimate of drug-likeness (QED) is 0.769. The normalized spacial score (nSPS) is 11.0. The first kappa shape index (κ1) is 19.0. The molecule has 5 heteroatoms. The number of carbonyl (C=O) groups excluding carboxylic acids is 2. The van der Waals surface area contributed by atoms with Gasteiger partial charge in [0.25, 0.3) is 5.91 Å². The maximum Gasteiger partial charge on any atom is 0.316 e. The molecule has 0 saturated heterocycles. The van der Waals surface area contributed by atoms with Gasteiger partial charge in [0.1, 0.15) is 0 Å². The lowest BCUT2D eigenvalue weighted by Gasteiger charge is -2.22. The number of carbonyl (C=O) groups is 2. The Balaban J connectivity index is 1.76. The lowest BCUT2D eigenvalue weighted by Crippen LogP contribution is -2.36. The van der Waals surface area contributed by atoms with Crippen LogP contribution in [-0.2, 0) is 26.2 Å². The smallest absolute Gasteiger partial charge is 0.316 e. The van der Waals surface area contributed by atoms with Gasteiger partial charge < -0.3 is 10.1 Å². The molecule has 0 aliphatic heterocycles. The van der Waals surface area contributed by atoms with Crippen LogP contribution in [0.1, 0.15) is 25.0 Å². The van der Waals surface area contributed by atoms with Crippen molar-refractivity contribution in [1.82, 2.24) is 5.32 Å². The molecule has 132 valence electrons. The Morgan fingerprint density at radius 1 is 1.08 bits per heavy atom. The lowest BCUT2D eigenvalue weighted by atomic mass is 9.85. The van der Waals surface area contributed by atoms with Crippen molar-refractivity contribution < 1.29 is 14.3 Å². The van der Waals surface area contributed by atoms with E-state index in [1.807, 2.05) is 48.5 Å². The summed E-state index contributed by atoms with van der Waals surface area (Å²) in [7, 11) is 0. The Morgan fingerprint density at radius 3 is 2.48 bits per heavy atom. The maximum absolute atomic E-state index is 12.3. The molecule has 0 spiro atoms. The zero-order chi connectivity index (χ0) is 18.3. The molecule has 2 aromatic carbocycles. The molecular weight excluding hydrogens is 338 g/mol. The minimum atomic E-state index is -0.803. The van der Waals surface area contributed by atoms with Gasteiger partial charge in [-0.05, 0) is 43.5 Å². The highest BCUT2D eigenvalue weighted by molar-refractivity contribution is 6.30. The molecule has 0 unspecified atom stereocenters. The average molecular weight is 360 g/mol. The van der Waals surface area contributed by atoms with E-state index in [0.29, 0.717) is 18.0 Å². The summed E-state index contributed by atoms with van der Waals surface area (Å²) in [4.78, 5) is 24.1. The maximum atomic E-state index is 12.3. The number of hydrogen-bond acceptors (Lipinski definition) is 3. The summed E-state index contributed by atoms with van der Waals surface area (Å²) in [5.74, 6) is -0.747. The van der Waals surface area contributed by atoms with Gasteiger partial charge in [0.05, 0.1) is 5.41 Å². The van der Waals surface area contributed by atoms with Crippen molar-refractivity contribution >= 4 is 23.5 Å². The van der Waals surface area contributed by atoms with Crippen molar-refractivity contribution in [3.05, 3.63) is 70.7 Å². The van der Waals surface area contributed by atoms with Crippen LogP contribution in [0.25, 0.3) is 0 Å². The zero-order valence-electron chi connectivity index (χ0n) is 14.4. The Morgan fingerprint density at radius 2 is 1.80 bits per heavy atom. The minimum Gasteiger partial charge on any atom is -0.455 e. The SMILES string of the molecule is CC(C)(C(=O)OCC(=O)NCCc1cccc(Cl)c1)c1ccccc1. The Hall–Kier alpha value is -2.33. The minimum absolute atomic E-state index is 0.287. The second-order valence-corrected chi connectivity index (χ2v) is 6.73. The van der Waals surface area contributed by atoms with E-state index in [1.54, 1.807) is 19.9 Å². The zero-order valence-corrected chi connectivity index (χ0v) is 15.2. The fourth-order valence-corrected chi connectivity index (χ4v) is 2.59. The van der Waals surface area contributed by atoms with E-state index in [2.05, 4.69) is 5.32 Å². The Bertz CT molecular complexity index is 729. The van der Waals surface area contributed by atoms with E-state index in [1.165, 1.54) is 0 Å². The second-order valence-electron chi connectivity index (χ2n) is 6.30. The number of amides is 1. The number of benzene rings is 2.